The van der Waals surface area contributed by atoms with Crippen LogP contribution in [0.15, 0.2) is 0 Å². The molecule has 0 radical (unpaired) electrons. The third kappa shape index (κ3) is 2.91. The lowest BCUT2D eigenvalue weighted by Crippen LogP contribution is -2.41. The number of ketones is 1. The van der Waals surface area contributed by atoms with Crippen molar-refractivity contribution in [3.63, 3.8) is 0 Å². The maximum Gasteiger partial charge on any atom is 0.166 e. The number of methoxy groups -OCH3 is 2. The number of rotatable bonds is 6. The van der Waals surface area contributed by atoms with E-state index in [2.05, 4.69) is 0 Å². The van der Waals surface area contributed by atoms with E-state index in [9.17, 15) is 4.79 Å². The Hall–Kier alpha value is -0.410. The first-order chi connectivity index (χ1) is 5.60. The molecule has 0 fully saturated rings. The van der Waals surface area contributed by atoms with Crippen LogP contribution in [0.4, 0.5) is 0 Å². The highest BCUT2D eigenvalue weighted by Gasteiger charge is 2.31. The molecule has 0 aromatic carbocycles. The molecule has 0 aliphatic heterocycles. The van der Waals surface area contributed by atoms with Gasteiger partial charge in [-0.05, 0) is 13.3 Å². The first kappa shape index (κ1) is 11.6. The largest absolute Gasteiger partial charge is 0.381 e. The highest BCUT2D eigenvalue weighted by atomic mass is 16.5. The maximum absolute atomic E-state index is 11.5. The Balaban J connectivity index is 4.18. The van der Waals surface area contributed by atoms with Crippen molar-refractivity contribution in [1.82, 2.24) is 0 Å². The second-order valence-corrected chi connectivity index (χ2v) is 3.04. The maximum atomic E-state index is 11.5. The Labute approximate surface area is 74.0 Å². The smallest absolute Gasteiger partial charge is 0.166 e. The van der Waals surface area contributed by atoms with Crippen molar-refractivity contribution in [3.05, 3.63) is 0 Å². The number of carbonyl (C=O) groups is 1. The monoisotopic (exact) mass is 174 g/mol. The normalized spacial score (nSPS) is 15.7. The van der Waals surface area contributed by atoms with Gasteiger partial charge in [-0.3, -0.25) is 4.79 Å². The fraction of sp³-hybridized carbons (Fsp3) is 0.889. The summed E-state index contributed by atoms with van der Waals surface area (Å²) in [5, 5.41) is 0. The second-order valence-electron chi connectivity index (χ2n) is 3.04. The quantitative estimate of drug-likeness (QED) is 0.610. The molecule has 0 amide bonds. The summed E-state index contributed by atoms with van der Waals surface area (Å²) < 4.78 is 10.0. The minimum absolute atomic E-state index is 0.106. The van der Waals surface area contributed by atoms with E-state index in [4.69, 9.17) is 9.47 Å². The van der Waals surface area contributed by atoms with Crippen LogP contribution in [0.3, 0.4) is 0 Å². The van der Waals surface area contributed by atoms with Gasteiger partial charge in [0.2, 0.25) is 0 Å². The first-order valence-corrected chi connectivity index (χ1v) is 4.18. The van der Waals surface area contributed by atoms with Gasteiger partial charge in [-0.25, -0.2) is 0 Å². The molecule has 0 N–H and O–H groups in total. The van der Waals surface area contributed by atoms with Crippen LogP contribution in [0.2, 0.25) is 0 Å². The standard InChI is InChI=1S/C9H18O3/c1-5-6-8(10)9(2,12-4)7-11-3/h5-7H2,1-4H3. The Morgan fingerprint density at radius 1 is 1.42 bits per heavy atom. The molecule has 0 aromatic rings. The lowest BCUT2D eigenvalue weighted by molar-refractivity contribution is -0.145. The molecular weight excluding hydrogens is 156 g/mol. The first-order valence-electron chi connectivity index (χ1n) is 4.18. The number of ether oxygens (including phenoxy) is 2. The van der Waals surface area contributed by atoms with Crippen molar-refractivity contribution in [1.29, 1.82) is 0 Å². The van der Waals surface area contributed by atoms with Gasteiger partial charge in [-0.1, -0.05) is 6.92 Å². The molecular formula is C9H18O3. The Bertz CT molecular complexity index is 145. The van der Waals surface area contributed by atoms with Crippen molar-refractivity contribution in [2.75, 3.05) is 20.8 Å². The number of hydrogen-bond acceptors (Lipinski definition) is 3. The van der Waals surface area contributed by atoms with Gasteiger partial charge in [0, 0.05) is 20.6 Å². The molecule has 12 heavy (non-hydrogen) atoms. The molecule has 0 heterocycles. The molecule has 0 aliphatic rings. The van der Waals surface area contributed by atoms with Crippen molar-refractivity contribution in [2.24, 2.45) is 0 Å². The van der Waals surface area contributed by atoms with Gasteiger partial charge in [0.15, 0.2) is 5.78 Å². The van der Waals surface area contributed by atoms with Crippen molar-refractivity contribution >= 4 is 5.78 Å². The van der Waals surface area contributed by atoms with Crippen LogP contribution in [-0.2, 0) is 14.3 Å². The molecule has 0 saturated carbocycles. The molecule has 3 nitrogen and oxygen atoms in total. The summed E-state index contributed by atoms with van der Waals surface area (Å²) in [5.74, 6) is 0.106. The summed E-state index contributed by atoms with van der Waals surface area (Å²) in [6.07, 6.45) is 1.40. The van der Waals surface area contributed by atoms with E-state index < -0.39 is 5.60 Å². The molecule has 0 bridgehead atoms. The summed E-state index contributed by atoms with van der Waals surface area (Å²) in [7, 11) is 3.10. The van der Waals surface area contributed by atoms with E-state index in [0.29, 0.717) is 13.0 Å². The zero-order chi connectivity index (χ0) is 9.61. The molecule has 0 saturated heterocycles. The SMILES string of the molecule is CCCC(=O)C(C)(COC)OC. The number of carbonyl (C=O) groups excluding carboxylic acids is 1. The molecule has 1 atom stereocenters. The van der Waals surface area contributed by atoms with Gasteiger partial charge in [0.1, 0.15) is 5.60 Å². The lowest BCUT2D eigenvalue weighted by Gasteiger charge is -2.25. The van der Waals surface area contributed by atoms with Crippen LogP contribution < -0.4 is 0 Å². The predicted molar refractivity (Wildman–Crippen MR) is 47.2 cm³/mol. The van der Waals surface area contributed by atoms with E-state index in [1.165, 1.54) is 7.11 Å². The summed E-state index contributed by atoms with van der Waals surface area (Å²) in [6.45, 7) is 4.05. The van der Waals surface area contributed by atoms with Crippen LogP contribution in [0, 0.1) is 0 Å². The number of hydrogen-bond donors (Lipinski definition) is 0. The van der Waals surface area contributed by atoms with Gasteiger partial charge < -0.3 is 9.47 Å². The van der Waals surface area contributed by atoms with Crippen LogP contribution in [0.25, 0.3) is 0 Å². The van der Waals surface area contributed by atoms with Gasteiger partial charge in [0.05, 0.1) is 6.61 Å². The summed E-state index contributed by atoms with van der Waals surface area (Å²) in [5.41, 5.74) is -0.759. The van der Waals surface area contributed by atoms with Gasteiger partial charge in [-0.15, -0.1) is 0 Å². The molecule has 3 heteroatoms. The molecule has 72 valence electrons. The highest BCUT2D eigenvalue weighted by Crippen LogP contribution is 2.14. The third-order valence-electron chi connectivity index (χ3n) is 1.94. The second kappa shape index (κ2) is 5.27. The number of Topliss-reactive ketones (excluding diaryl/α,β-unsaturated/α-hetero) is 1. The summed E-state index contributed by atoms with van der Waals surface area (Å²) >= 11 is 0. The Morgan fingerprint density at radius 3 is 2.33 bits per heavy atom. The van der Waals surface area contributed by atoms with Crippen LogP contribution in [0.1, 0.15) is 26.7 Å². The topological polar surface area (TPSA) is 35.5 Å². The van der Waals surface area contributed by atoms with Crippen molar-refractivity contribution in [3.8, 4) is 0 Å². The summed E-state index contributed by atoms with van der Waals surface area (Å²) in [6, 6.07) is 0. The zero-order valence-electron chi connectivity index (χ0n) is 8.35. The van der Waals surface area contributed by atoms with Crippen LogP contribution >= 0.6 is 0 Å². The predicted octanol–water partition coefficient (Wildman–Crippen LogP) is 1.41. The average molecular weight is 174 g/mol. The molecule has 1 unspecified atom stereocenters. The van der Waals surface area contributed by atoms with Gasteiger partial charge in [-0.2, -0.15) is 0 Å². The van der Waals surface area contributed by atoms with Gasteiger partial charge in [0.25, 0.3) is 0 Å². The van der Waals surface area contributed by atoms with E-state index >= 15 is 0 Å². The Morgan fingerprint density at radius 2 is 2.00 bits per heavy atom. The van der Waals surface area contributed by atoms with E-state index in [1.54, 1.807) is 14.0 Å². The molecule has 0 aromatic heterocycles. The Kier molecular flexibility index (Phi) is 5.09. The van der Waals surface area contributed by atoms with Gasteiger partial charge >= 0.3 is 0 Å². The highest BCUT2D eigenvalue weighted by molar-refractivity contribution is 5.87. The zero-order valence-corrected chi connectivity index (χ0v) is 8.35. The fourth-order valence-electron chi connectivity index (χ4n) is 1.02. The molecule has 0 rings (SSSR count). The van der Waals surface area contributed by atoms with Crippen LogP contribution in [0.5, 0.6) is 0 Å². The van der Waals surface area contributed by atoms with E-state index in [-0.39, 0.29) is 5.78 Å². The van der Waals surface area contributed by atoms with Crippen molar-refractivity contribution < 1.29 is 14.3 Å². The lowest BCUT2D eigenvalue weighted by atomic mass is 9.98. The molecule has 0 spiro atoms. The average Bonchev–Trinajstić information content (AvgIpc) is 2.05. The third-order valence-corrected chi connectivity index (χ3v) is 1.94. The van der Waals surface area contributed by atoms with E-state index in [1.807, 2.05) is 6.92 Å². The minimum atomic E-state index is -0.759. The molecule has 0 aliphatic carbocycles. The van der Waals surface area contributed by atoms with Crippen LogP contribution in [-0.4, -0.2) is 32.2 Å². The van der Waals surface area contributed by atoms with E-state index in [0.717, 1.165) is 6.42 Å². The minimum Gasteiger partial charge on any atom is -0.381 e. The fourth-order valence-corrected chi connectivity index (χ4v) is 1.02. The summed E-state index contributed by atoms with van der Waals surface area (Å²) in [4.78, 5) is 11.5. The van der Waals surface area contributed by atoms with Crippen molar-refractivity contribution in [2.45, 2.75) is 32.3 Å².